The van der Waals surface area contributed by atoms with Crippen molar-refractivity contribution in [3.8, 4) is 0 Å². The van der Waals surface area contributed by atoms with E-state index in [-0.39, 0.29) is 29.7 Å². The smallest absolute Gasteiger partial charge is 0.258 e. The third kappa shape index (κ3) is 7.40. The first-order chi connectivity index (χ1) is 20.8. The Labute approximate surface area is 251 Å². The maximum Gasteiger partial charge on any atom is 0.258 e. The summed E-state index contributed by atoms with van der Waals surface area (Å²) in [5.41, 5.74) is 4.10. The fourth-order valence-electron chi connectivity index (χ4n) is 5.04. The highest BCUT2D eigenvalue weighted by molar-refractivity contribution is 6.05. The molecule has 2 aromatic heterocycles. The van der Waals surface area contributed by atoms with E-state index < -0.39 is 0 Å². The van der Waals surface area contributed by atoms with E-state index in [1.807, 2.05) is 43.9 Å². The quantitative estimate of drug-likeness (QED) is 0.251. The van der Waals surface area contributed by atoms with Crippen molar-refractivity contribution in [3.63, 3.8) is 0 Å². The topological polar surface area (TPSA) is 129 Å². The number of piperidine rings is 1. The van der Waals surface area contributed by atoms with Crippen LogP contribution in [0.15, 0.2) is 79.3 Å². The molecule has 1 saturated heterocycles. The molecule has 0 atom stereocenters. The van der Waals surface area contributed by atoms with Gasteiger partial charge >= 0.3 is 0 Å². The summed E-state index contributed by atoms with van der Waals surface area (Å²) in [6, 6.07) is 18.4. The van der Waals surface area contributed by atoms with Crippen molar-refractivity contribution in [2.24, 2.45) is 0 Å². The number of anilines is 3. The van der Waals surface area contributed by atoms with Crippen molar-refractivity contribution in [1.29, 1.82) is 0 Å². The van der Waals surface area contributed by atoms with Gasteiger partial charge in [-0.15, -0.1) is 0 Å². The number of amides is 3. The molecule has 220 valence electrons. The van der Waals surface area contributed by atoms with E-state index in [9.17, 15) is 14.4 Å². The minimum Gasteiger partial charge on any atom is -0.368 e. The van der Waals surface area contributed by atoms with Gasteiger partial charge in [0.25, 0.3) is 17.7 Å². The summed E-state index contributed by atoms with van der Waals surface area (Å²) in [7, 11) is 0. The maximum absolute atomic E-state index is 13.4. The number of carbonyl (C=O) groups excluding carboxylic acids is 3. The van der Waals surface area contributed by atoms with Crippen LogP contribution in [0, 0.1) is 6.92 Å². The fraction of sp³-hybridized carbons (Fsp3) is 0.273. The van der Waals surface area contributed by atoms with Crippen molar-refractivity contribution < 1.29 is 14.4 Å². The van der Waals surface area contributed by atoms with Gasteiger partial charge in [0.15, 0.2) is 0 Å². The SMILES string of the molecule is Cc1ccc(C(=O)N2CCC(c3ccc(C(=O)Nc4ncccn4)cc3)CC2)cc1NC(=O)c1ccc(NC(C)C)nc1. The number of aryl methyl sites for hydroxylation is 1. The van der Waals surface area contributed by atoms with Gasteiger partial charge in [-0.1, -0.05) is 18.2 Å². The van der Waals surface area contributed by atoms with Crippen molar-refractivity contribution in [2.75, 3.05) is 29.0 Å². The molecule has 3 amide bonds. The Morgan fingerprint density at radius 2 is 1.47 bits per heavy atom. The number of rotatable bonds is 8. The highest BCUT2D eigenvalue weighted by Gasteiger charge is 2.25. The first-order valence-electron chi connectivity index (χ1n) is 14.4. The first kappa shape index (κ1) is 29.4. The summed E-state index contributed by atoms with van der Waals surface area (Å²) in [6.07, 6.45) is 6.32. The maximum atomic E-state index is 13.4. The van der Waals surface area contributed by atoms with Crippen LogP contribution < -0.4 is 16.0 Å². The zero-order chi connectivity index (χ0) is 30.3. The molecular formula is C33H35N7O3. The fourth-order valence-corrected chi connectivity index (χ4v) is 5.04. The van der Waals surface area contributed by atoms with Crippen LogP contribution in [0.5, 0.6) is 0 Å². The number of pyridine rings is 1. The number of nitrogens with one attached hydrogen (secondary N) is 3. The second-order valence-electron chi connectivity index (χ2n) is 10.9. The molecule has 4 aromatic rings. The Morgan fingerprint density at radius 1 is 0.814 bits per heavy atom. The van der Waals surface area contributed by atoms with Gasteiger partial charge in [0, 0.05) is 54.5 Å². The Hall–Kier alpha value is -5.12. The Bertz CT molecular complexity index is 1580. The van der Waals surface area contributed by atoms with E-state index in [0.29, 0.717) is 47.2 Å². The molecule has 0 radical (unpaired) electrons. The van der Waals surface area contributed by atoms with Crippen LogP contribution in [0.2, 0.25) is 0 Å². The van der Waals surface area contributed by atoms with E-state index in [4.69, 9.17) is 0 Å². The summed E-state index contributed by atoms with van der Waals surface area (Å²) >= 11 is 0. The molecule has 0 spiro atoms. The lowest BCUT2D eigenvalue weighted by atomic mass is 9.88. The second-order valence-corrected chi connectivity index (χ2v) is 10.9. The highest BCUT2D eigenvalue weighted by atomic mass is 16.2. The summed E-state index contributed by atoms with van der Waals surface area (Å²) in [5, 5.41) is 8.83. The van der Waals surface area contributed by atoms with Gasteiger partial charge < -0.3 is 15.5 Å². The van der Waals surface area contributed by atoms with Crippen LogP contribution in [0.25, 0.3) is 0 Å². The van der Waals surface area contributed by atoms with Gasteiger partial charge in [-0.05, 0) is 93.1 Å². The number of hydrogen-bond acceptors (Lipinski definition) is 7. The average molecular weight is 578 g/mol. The van der Waals surface area contributed by atoms with Crippen LogP contribution in [0.1, 0.15) is 74.8 Å². The summed E-state index contributed by atoms with van der Waals surface area (Å²) in [6.45, 7) is 7.18. The third-order valence-electron chi connectivity index (χ3n) is 7.41. The zero-order valence-electron chi connectivity index (χ0n) is 24.5. The lowest BCUT2D eigenvalue weighted by Gasteiger charge is -2.32. The Morgan fingerprint density at radius 3 is 2.12 bits per heavy atom. The van der Waals surface area contributed by atoms with Crippen LogP contribution in [-0.2, 0) is 0 Å². The largest absolute Gasteiger partial charge is 0.368 e. The van der Waals surface area contributed by atoms with Crippen molar-refractivity contribution in [1.82, 2.24) is 19.9 Å². The zero-order valence-corrected chi connectivity index (χ0v) is 24.5. The highest BCUT2D eigenvalue weighted by Crippen LogP contribution is 2.29. The molecule has 1 aliphatic heterocycles. The predicted octanol–water partition coefficient (Wildman–Crippen LogP) is 5.52. The number of aromatic nitrogens is 3. The predicted molar refractivity (Wildman–Crippen MR) is 166 cm³/mol. The van der Waals surface area contributed by atoms with Crippen molar-refractivity contribution in [3.05, 3.63) is 107 Å². The van der Waals surface area contributed by atoms with E-state index in [1.54, 1.807) is 54.9 Å². The molecule has 3 N–H and O–H groups in total. The van der Waals surface area contributed by atoms with Crippen molar-refractivity contribution >= 4 is 35.2 Å². The molecule has 0 unspecified atom stereocenters. The Kier molecular flexibility index (Phi) is 9.05. The molecular weight excluding hydrogens is 542 g/mol. The van der Waals surface area contributed by atoms with Gasteiger partial charge in [-0.25, -0.2) is 15.0 Å². The van der Waals surface area contributed by atoms with Crippen LogP contribution in [0.4, 0.5) is 17.5 Å². The average Bonchev–Trinajstić information content (AvgIpc) is 3.02. The molecule has 1 aliphatic rings. The number of likely N-dealkylation sites (tertiary alicyclic amines) is 1. The van der Waals surface area contributed by atoms with Crippen molar-refractivity contribution in [2.45, 2.75) is 45.6 Å². The van der Waals surface area contributed by atoms with E-state index in [2.05, 4.69) is 30.9 Å². The first-order valence-corrected chi connectivity index (χ1v) is 14.4. The molecule has 3 heterocycles. The molecule has 0 saturated carbocycles. The molecule has 5 rings (SSSR count). The molecule has 0 aliphatic carbocycles. The lowest BCUT2D eigenvalue weighted by Crippen LogP contribution is -2.38. The molecule has 10 heteroatoms. The van der Waals surface area contributed by atoms with E-state index >= 15 is 0 Å². The Balaban J connectivity index is 1.17. The monoisotopic (exact) mass is 577 g/mol. The number of hydrogen-bond donors (Lipinski definition) is 3. The summed E-state index contributed by atoms with van der Waals surface area (Å²) in [5.74, 6) is 0.655. The van der Waals surface area contributed by atoms with E-state index in [0.717, 1.165) is 24.0 Å². The lowest BCUT2D eigenvalue weighted by molar-refractivity contribution is 0.0712. The molecule has 10 nitrogen and oxygen atoms in total. The normalized spacial score (nSPS) is 13.4. The van der Waals surface area contributed by atoms with E-state index in [1.165, 1.54) is 6.20 Å². The number of benzene rings is 2. The summed E-state index contributed by atoms with van der Waals surface area (Å²) in [4.78, 5) is 53.0. The van der Waals surface area contributed by atoms with Crippen LogP contribution in [0.3, 0.4) is 0 Å². The standard InChI is InChI=1S/C33H35N7O3/c1-21(2)37-29-12-11-27(20-36-29)31(42)38-28-19-26(6-5-22(28)3)32(43)40-17-13-24(14-18-40)23-7-9-25(10-8-23)30(41)39-33-34-15-4-16-35-33/h4-12,15-16,19-21,24H,13-14,17-18H2,1-3H3,(H,36,37)(H,38,42)(H,34,35,39,41). The van der Waals surface area contributed by atoms with Gasteiger partial charge in [0.1, 0.15) is 5.82 Å². The minimum atomic E-state index is -0.283. The second kappa shape index (κ2) is 13.2. The summed E-state index contributed by atoms with van der Waals surface area (Å²) < 4.78 is 0. The van der Waals surface area contributed by atoms with Crippen LogP contribution >= 0.6 is 0 Å². The molecule has 1 fully saturated rings. The van der Waals surface area contributed by atoms with Crippen LogP contribution in [-0.4, -0.2) is 56.7 Å². The minimum absolute atomic E-state index is 0.0603. The third-order valence-corrected chi connectivity index (χ3v) is 7.41. The van der Waals surface area contributed by atoms with Gasteiger partial charge in [-0.3, -0.25) is 19.7 Å². The van der Waals surface area contributed by atoms with Gasteiger partial charge in [-0.2, -0.15) is 0 Å². The molecule has 0 bridgehead atoms. The number of nitrogens with zero attached hydrogens (tertiary/aromatic N) is 4. The van der Waals surface area contributed by atoms with Gasteiger partial charge in [0.2, 0.25) is 5.95 Å². The molecule has 43 heavy (non-hydrogen) atoms. The number of carbonyl (C=O) groups is 3. The molecule has 2 aromatic carbocycles. The van der Waals surface area contributed by atoms with Gasteiger partial charge in [0.05, 0.1) is 5.56 Å².